The summed E-state index contributed by atoms with van der Waals surface area (Å²) in [5, 5.41) is 12.8. The second-order valence-electron chi connectivity index (χ2n) is 6.03. The van der Waals surface area contributed by atoms with Gasteiger partial charge in [-0.25, -0.2) is 0 Å². The van der Waals surface area contributed by atoms with Crippen LogP contribution in [0.2, 0.25) is 0 Å². The van der Waals surface area contributed by atoms with Crippen molar-refractivity contribution in [1.82, 2.24) is 0 Å². The number of amides is 1. The van der Waals surface area contributed by atoms with Gasteiger partial charge >= 0.3 is 5.97 Å². The zero-order chi connectivity index (χ0) is 17.7. The number of phenols is 1. The molecule has 0 atom stereocenters. The van der Waals surface area contributed by atoms with Crippen LogP contribution in [-0.2, 0) is 4.79 Å². The van der Waals surface area contributed by atoms with E-state index >= 15 is 0 Å². The first-order valence-electron chi connectivity index (χ1n) is 7.77. The molecule has 0 aliphatic heterocycles. The summed E-state index contributed by atoms with van der Waals surface area (Å²) in [5.41, 5.74) is 1.14. The number of phenolic OH excluding ortho intramolecular Hbond substituents is 1. The number of aromatic hydroxyl groups is 1. The monoisotopic (exact) mass is 327 g/mol. The van der Waals surface area contributed by atoms with Crippen molar-refractivity contribution in [1.29, 1.82) is 0 Å². The largest absolute Gasteiger partial charge is 0.507 e. The van der Waals surface area contributed by atoms with Crippen LogP contribution in [0.25, 0.3) is 0 Å². The Morgan fingerprint density at radius 1 is 1.17 bits per heavy atom. The maximum absolute atomic E-state index is 12.4. The quantitative estimate of drug-likeness (QED) is 0.645. The molecule has 5 heteroatoms. The molecule has 2 N–H and O–H groups in total. The molecule has 0 aliphatic carbocycles. The van der Waals surface area contributed by atoms with Crippen molar-refractivity contribution >= 4 is 17.6 Å². The smallest absolute Gasteiger partial charge is 0.311 e. The first kappa shape index (κ1) is 17.5. The number of nitrogens with one attached hydrogen (secondary N) is 1. The lowest BCUT2D eigenvalue weighted by Crippen LogP contribution is -2.14. The molecule has 0 aromatic heterocycles. The summed E-state index contributed by atoms with van der Waals surface area (Å²) < 4.78 is 5.27. The van der Waals surface area contributed by atoms with E-state index in [1.165, 1.54) is 12.1 Å². The normalized spacial score (nSPS) is 10.5. The fourth-order valence-corrected chi connectivity index (χ4v) is 2.20. The Balaban J connectivity index is 2.22. The van der Waals surface area contributed by atoms with Gasteiger partial charge in [0.1, 0.15) is 11.5 Å². The third kappa shape index (κ3) is 4.59. The maximum Gasteiger partial charge on any atom is 0.311 e. The highest BCUT2D eigenvalue weighted by atomic mass is 16.5. The van der Waals surface area contributed by atoms with Crippen molar-refractivity contribution in [3.8, 4) is 11.5 Å². The second-order valence-corrected chi connectivity index (χ2v) is 6.03. The highest BCUT2D eigenvalue weighted by Crippen LogP contribution is 2.29. The molecule has 1 amide bonds. The Kier molecular flexibility index (Phi) is 5.58. The van der Waals surface area contributed by atoms with E-state index in [-0.39, 0.29) is 35.4 Å². The third-order valence-corrected chi connectivity index (χ3v) is 3.36. The van der Waals surface area contributed by atoms with Crippen LogP contribution in [0, 0.1) is 12.8 Å². The standard InChI is InChI=1S/C19H21NO4/c1-12(2)9-17(21)24-15-10-13(3)18(22)16(11-15)19(23)20-14-7-5-4-6-8-14/h4-8,10-12,22H,9H2,1-3H3,(H,20,23). The Labute approximate surface area is 141 Å². The molecule has 0 fully saturated rings. The number of hydrogen-bond acceptors (Lipinski definition) is 4. The molecule has 2 aromatic rings. The molecule has 0 heterocycles. The lowest BCUT2D eigenvalue weighted by molar-refractivity contribution is -0.135. The minimum Gasteiger partial charge on any atom is -0.507 e. The predicted octanol–water partition coefficient (Wildman–Crippen LogP) is 3.90. The summed E-state index contributed by atoms with van der Waals surface area (Å²) in [4.78, 5) is 24.2. The number of aryl methyl sites for hydroxylation is 1. The van der Waals surface area contributed by atoms with Gasteiger partial charge in [0.2, 0.25) is 0 Å². The number of anilines is 1. The van der Waals surface area contributed by atoms with Gasteiger partial charge in [0, 0.05) is 12.1 Å². The van der Waals surface area contributed by atoms with Gasteiger partial charge in [-0.1, -0.05) is 32.0 Å². The molecule has 0 saturated heterocycles. The molecule has 0 saturated carbocycles. The van der Waals surface area contributed by atoms with Crippen LogP contribution < -0.4 is 10.1 Å². The van der Waals surface area contributed by atoms with Crippen LogP contribution >= 0.6 is 0 Å². The molecule has 2 aromatic carbocycles. The maximum atomic E-state index is 12.4. The van der Waals surface area contributed by atoms with Crippen LogP contribution in [0.4, 0.5) is 5.69 Å². The van der Waals surface area contributed by atoms with Crippen LogP contribution in [0.1, 0.15) is 36.2 Å². The fraction of sp³-hybridized carbons (Fsp3) is 0.263. The zero-order valence-electron chi connectivity index (χ0n) is 14.0. The first-order chi connectivity index (χ1) is 11.4. The Morgan fingerprint density at radius 3 is 2.46 bits per heavy atom. The SMILES string of the molecule is Cc1cc(OC(=O)CC(C)C)cc(C(=O)Nc2ccccc2)c1O. The predicted molar refractivity (Wildman–Crippen MR) is 92.3 cm³/mol. The van der Waals surface area contributed by atoms with Crippen LogP contribution in [0.5, 0.6) is 11.5 Å². The van der Waals surface area contributed by atoms with Gasteiger partial charge in [-0.15, -0.1) is 0 Å². The Morgan fingerprint density at radius 2 is 1.83 bits per heavy atom. The molecule has 0 aliphatic rings. The molecule has 126 valence electrons. The number of benzene rings is 2. The molecule has 0 unspecified atom stereocenters. The average molecular weight is 327 g/mol. The highest BCUT2D eigenvalue weighted by Gasteiger charge is 2.17. The topological polar surface area (TPSA) is 75.6 Å². The summed E-state index contributed by atoms with van der Waals surface area (Å²) in [6.07, 6.45) is 0.283. The Bertz CT molecular complexity index is 739. The molecule has 0 bridgehead atoms. The molecular formula is C19H21NO4. The van der Waals surface area contributed by atoms with Crippen molar-refractivity contribution in [2.24, 2.45) is 5.92 Å². The minimum atomic E-state index is -0.469. The van der Waals surface area contributed by atoms with Crippen molar-refractivity contribution < 1.29 is 19.4 Å². The molecule has 0 radical (unpaired) electrons. The van der Waals surface area contributed by atoms with Gasteiger partial charge in [-0.2, -0.15) is 0 Å². The molecule has 24 heavy (non-hydrogen) atoms. The molecular weight excluding hydrogens is 306 g/mol. The fourth-order valence-electron chi connectivity index (χ4n) is 2.20. The van der Waals surface area contributed by atoms with Crippen molar-refractivity contribution in [2.75, 3.05) is 5.32 Å². The van der Waals surface area contributed by atoms with E-state index in [4.69, 9.17) is 4.74 Å². The van der Waals surface area contributed by atoms with Gasteiger partial charge in [0.15, 0.2) is 0 Å². The van der Waals surface area contributed by atoms with Gasteiger partial charge in [-0.05, 0) is 42.7 Å². The number of rotatable bonds is 5. The van der Waals surface area contributed by atoms with Gasteiger partial charge in [0.25, 0.3) is 5.91 Å². The van der Waals surface area contributed by atoms with E-state index in [2.05, 4.69) is 5.32 Å². The highest BCUT2D eigenvalue weighted by molar-refractivity contribution is 6.06. The van der Waals surface area contributed by atoms with E-state index in [9.17, 15) is 14.7 Å². The lowest BCUT2D eigenvalue weighted by atomic mass is 10.1. The number of carbonyl (C=O) groups excluding carboxylic acids is 2. The van der Waals surface area contributed by atoms with E-state index in [0.29, 0.717) is 11.3 Å². The Hall–Kier alpha value is -2.82. The van der Waals surface area contributed by atoms with E-state index in [1.54, 1.807) is 31.2 Å². The van der Waals surface area contributed by atoms with E-state index in [0.717, 1.165) is 0 Å². The van der Waals surface area contributed by atoms with Crippen molar-refractivity contribution in [3.05, 3.63) is 53.6 Å². The van der Waals surface area contributed by atoms with Gasteiger partial charge in [0.05, 0.1) is 5.56 Å². The lowest BCUT2D eigenvalue weighted by Gasteiger charge is -2.12. The second kappa shape index (κ2) is 7.64. The average Bonchev–Trinajstić information content (AvgIpc) is 2.50. The van der Waals surface area contributed by atoms with Crippen molar-refractivity contribution in [3.63, 3.8) is 0 Å². The minimum absolute atomic E-state index is 0.0613. The van der Waals surface area contributed by atoms with Crippen LogP contribution in [0.3, 0.4) is 0 Å². The summed E-state index contributed by atoms with van der Waals surface area (Å²) in [7, 11) is 0. The van der Waals surface area contributed by atoms with Crippen LogP contribution in [0.15, 0.2) is 42.5 Å². The molecule has 2 rings (SSSR count). The third-order valence-electron chi connectivity index (χ3n) is 3.36. The number of ether oxygens (including phenoxy) is 1. The van der Waals surface area contributed by atoms with Gasteiger partial charge in [-0.3, -0.25) is 9.59 Å². The number of para-hydroxylation sites is 1. The van der Waals surface area contributed by atoms with E-state index in [1.807, 2.05) is 19.9 Å². The zero-order valence-corrected chi connectivity index (χ0v) is 14.0. The summed E-state index contributed by atoms with van der Waals surface area (Å²) in [6, 6.07) is 11.8. The number of hydrogen-bond donors (Lipinski definition) is 2. The first-order valence-corrected chi connectivity index (χ1v) is 7.77. The van der Waals surface area contributed by atoms with Gasteiger partial charge < -0.3 is 15.2 Å². The summed E-state index contributed by atoms with van der Waals surface area (Å²) >= 11 is 0. The molecule has 0 spiro atoms. The summed E-state index contributed by atoms with van der Waals surface area (Å²) in [6.45, 7) is 5.48. The number of carbonyl (C=O) groups is 2. The summed E-state index contributed by atoms with van der Waals surface area (Å²) in [5.74, 6) is -0.550. The molecule has 5 nitrogen and oxygen atoms in total. The van der Waals surface area contributed by atoms with E-state index < -0.39 is 5.91 Å². The van der Waals surface area contributed by atoms with Crippen molar-refractivity contribution in [2.45, 2.75) is 27.2 Å². The van der Waals surface area contributed by atoms with Crippen LogP contribution in [-0.4, -0.2) is 17.0 Å². The number of esters is 1.